The first-order valence-electron chi connectivity index (χ1n) is 7.78. The lowest BCUT2D eigenvalue weighted by Gasteiger charge is -2.35. The van der Waals surface area contributed by atoms with Gasteiger partial charge in [-0.1, -0.05) is 17.7 Å². The van der Waals surface area contributed by atoms with Crippen LogP contribution in [0.3, 0.4) is 0 Å². The van der Waals surface area contributed by atoms with Crippen LogP contribution in [0.15, 0.2) is 30.5 Å². The Balaban J connectivity index is 1.70. The van der Waals surface area contributed by atoms with Crippen molar-refractivity contribution in [3.63, 3.8) is 0 Å². The quantitative estimate of drug-likeness (QED) is 0.939. The van der Waals surface area contributed by atoms with E-state index in [1.54, 1.807) is 0 Å². The van der Waals surface area contributed by atoms with Crippen molar-refractivity contribution in [1.29, 1.82) is 0 Å². The summed E-state index contributed by atoms with van der Waals surface area (Å²) in [5.41, 5.74) is 2.23. The predicted octanol–water partition coefficient (Wildman–Crippen LogP) is 2.39. The molecule has 1 atom stereocenters. The van der Waals surface area contributed by atoms with Gasteiger partial charge < -0.3 is 5.11 Å². The third-order valence-electron chi connectivity index (χ3n) is 4.13. The summed E-state index contributed by atoms with van der Waals surface area (Å²) in [5.74, 6) is 0. The lowest BCUT2D eigenvalue weighted by Crippen LogP contribution is -2.47. The highest BCUT2D eigenvalue weighted by atomic mass is 35.5. The average molecular weight is 320 g/mol. The van der Waals surface area contributed by atoms with E-state index in [1.807, 2.05) is 31.3 Å². The lowest BCUT2D eigenvalue weighted by molar-refractivity contribution is 0.0782. The highest BCUT2D eigenvalue weighted by molar-refractivity contribution is 6.31. The number of piperazine rings is 1. The van der Waals surface area contributed by atoms with E-state index < -0.39 is 0 Å². The summed E-state index contributed by atoms with van der Waals surface area (Å²) in [6, 6.07) is 7.99. The largest absolute Gasteiger partial charge is 0.392 e. The monoisotopic (exact) mass is 319 g/mol. The molecular weight excluding hydrogens is 298 g/mol. The second kappa shape index (κ2) is 6.92. The normalized spacial score (nSPS) is 18.7. The molecule has 0 amide bonds. The molecule has 5 heteroatoms. The maximum absolute atomic E-state index is 9.48. The maximum atomic E-state index is 9.48. The zero-order valence-electron chi connectivity index (χ0n) is 12.9. The van der Waals surface area contributed by atoms with Crippen LogP contribution in [0.1, 0.15) is 12.5 Å². The Morgan fingerprint density at radius 2 is 1.95 bits per heavy atom. The minimum Gasteiger partial charge on any atom is -0.392 e. The van der Waals surface area contributed by atoms with Gasteiger partial charge in [0.05, 0.1) is 11.6 Å². The molecule has 1 aliphatic heterocycles. The number of β-amino-alcohol motifs (C(OH)–C–C–N with tert-alkyl or cyclic N) is 1. The summed E-state index contributed by atoms with van der Waals surface area (Å²) < 4.78 is 0. The standard InChI is InChI=1S/C17H22ClN3O/c1-13(22)11-20-5-7-21(8-6-20)12-15-10-16(18)9-14-3-2-4-19-17(14)15/h2-4,9-10,13,22H,5-8,11-12H2,1H3/t13-/m0/s1. The lowest BCUT2D eigenvalue weighted by atomic mass is 10.1. The van der Waals surface area contributed by atoms with Crippen LogP contribution in [0.5, 0.6) is 0 Å². The van der Waals surface area contributed by atoms with Gasteiger partial charge in [-0.25, -0.2) is 0 Å². The molecule has 1 saturated heterocycles. The fourth-order valence-electron chi connectivity index (χ4n) is 3.09. The number of hydrogen-bond acceptors (Lipinski definition) is 4. The molecule has 0 bridgehead atoms. The smallest absolute Gasteiger partial charge is 0.0747 e. The Labute approximate surface area is 136 Å². The molecule has 1 aromatic carbocycles. The molecule has 0 unspecified atom stereocenters. The van der Waals surface area contributed by atoms with E-state index in [0.29, 0.717) is 0 Å². The molecule has 3 rings (SSSR count). The molecular formula is C17H22ClN3O. The molecule has 1 fully saturated rings. The minimum absolute atomic E-state index is 0.257. The zero-order chi connectivity index (χ0) is 15.5. The second-order valence-corrected chi connectivity index (χ2v) is 6.50. The summed E-state index contributed by atoms with van der Waals surface area (Å²) in [7, 11) is 0. The first-order chi connectivity index (χ1) is 10.6. The van der Waals surface area contributed by atoms with Crippen LogP contribution >= 0.6 is 11.6 Å². The van der Waals surface area contributed by atoms with Crippen LogP contribution in [0.2, 0.25) is 5.02 Å². The van der Waals surface area contributed by atoms with Crippen molar-refractivity contribution in [2.45, 2.75) is 19.6 Å². The van der Waals surface area contributed by atoms with Crippen molar-refractivity contribution in [2.24, 2.45) is 0 Å². The third-order valence-corrected chi connectivity index (χ3v) is 4.35. The molecule has 2 aromatic rings. The van der Waals surface area contributed by atoms with Crippen LogP contribution in [0.4, 0.5) is 0 Å². The summed E-state index contributed by atoms with van der Waals surface area (Å²) in [6.07, 6.45) is 1.58. The Morgan fingerprint density at radius 3 is 2.68 bits per heavy atom. The van der Waals surface area contributed by atoms with Gasteiger partial charge in [-0.2, -0.15) is 0 Å². The summed E-state index contributed by atoms with van der Waals surface area (Å²) in [5, 5.41) is 11.3. The number of aliphatic hydroxyl groups excluding tert-OH is 1. The van der Waals surface area contributed by atoms with E-state index in [4.69, 9.17) is 11.6 Å². The Morgan fingerprint density at radius 1 is 1.23 bits per heavy atom. The molecule has 0 aliphatic carbocycles. The number of benzene rings is 1. The number of fused-ring (bicyclic) bond motifs is 1. The van der Waals surface area contributed by atoms with E-state index in [1.165, 1.54) is 5.56 Å². The van der Waals surface area contributed by atoms with Gasteiger partial charge in [0.25, 0.3) is 0 Å². The second-order valence-electron chi connectivity index (χ2n) is 6.07. The van der Waals surface area contributed by atoms with Crippen LogP contribution in [-0.2, 0) is 6.54 Å². The van der Waals surface area contributed by atoms with Gasteiger partial charge in [0, 0.05) is 55.9 Å². The van der Waals surface area contributed by atoms with Gasteiger partial charge in [-0.05, 0) is 30.7 Å². The average Bonchev–Trinajstić information content (AvgIpc) is 2.48. The van der Waals surface area contributed by atoms with Crippen LogP contribution in [0, 0.1) is 0 Å². The molecule has 2 heterocycles. The molecule has 0 radical (unpaired) electrons. The maximum Gasteiger partial charge on any atom is 0.0747 e. The molecule has 1 aromatic heterocycles. The molecule has 1 aliphatic rings. The number of halogens is 1. The fourth-order valence-corrected chi connectivity index (χ4v) is 3.34. The summed E-state index contributed by atoms with van der Waals surface area (Å²) >= 11 is 6.24. The van der Waals surface area contributed by atoms with Crippen LogP contribution in [-0.4, -0.2) is 58.7 Å². The van der Waals surface area contributed by atoms with Crippen LogP contribution in [0.25, 0.3) is 10.9 Å². The molecule has 0 spiro atoms. The van der Waals surface area contributed by atoms with Crippen molar-refractivity contribution in [1.82, 2.24) is 14.8 Å². The van der Waals surface area contributed by atoms with Crippen molar-refractivity contribution >= 4 is 22.5 Å². The van der Waals surface area contributed by atoms with Crippen molar-refractivity contribution in [3.8, 4) is 0 Å². The van der Waals surface area contributed by atoms with Gasteiger partial charge in [0.15, 0.2) is 0 Å². The van der Waals surface area contributed by atoms with Gasteiger partial charge in [0.2, 0.25) is 0 Å². The number of aliphatic hydroxyl groups is 1. The molecule has 22 heavy (non-hydrogen) atoms. The van der Waals surface area contributed by atoms with Crippen molar-refractivity contribution < 1.29 is 5.11 Å². The van der Waals surface area contributed by atoms with E-state index in [9.17, 15) is 5.11 Å². The van der Waals surface area contributed by atoms with Gasteiger partial charge in [-0.3, -0.25) is 14.8 Å². The minimum atomic E-state index is -0.257. The first-order valence-corrected chi connectivity index (χ1v) is 8.15. The topological polar surface area (TPSA) is 39.6 Å². The van der Waals surface area contributed by atoms with E-state index in [-0.39, 0.29) is 6.10 Å². The Kier molecular flexibility index (Phi) is 4.93. The molecule has 1 N–H and O–H groups in total. The number of rotatable bonds is 4. The van der Waals surface area contributed by atoms with Gasteiger partial charge in [-0.15, -0.1) is 0 Å². The van der Waals surface area contributed by atoms with Crippen molar-refractivity contribution in [3.05, 3.63) is 41.0 Å². The number of pyridine rings is 1. The number of hydrogen-bond donors (Lipinski definition) is 1. The predicted molar refractivity (Wildman–Crippen MR) is 90.2 cm³/mol. The van der Waals surface area contributed by atoms with Gasteiger partial charge in [0.1, 0.15) is 0 Å². The van der Waals surface area contributed by atoms with E-state index >= 15 is 0 Å². The zero-order valence-corrected chi connectivity index (χ0v) is 13.6. The van der Waals surface area contributed by atoms with Crippen molar-refractivity contribution in [2.75, 3.05) is 32.7 Å². The Bertz CT molecular complexity index is 639. The van der Waals surface area contributed by atoms with E-state index in [0.717, 1.165) is 55.2 Å². The first kappa shape index (κ1) is 15.7. The summed E-state index contributed by atoms with van der Waals surface area (Å²) in [6.45, 7) is 7.48. The van der Waals surface area contributed by atoms with Crippen LogP contribution < -0.4 is 0 Å². The number of aromatic nitrogens is 1. The SMILES string of the molecule is C[C@H](O)CN1CCN(Cc2cc(Cl)cc3cccnc23)CC1. The Hall–Kier alpha value is -1.20. The highest BCUT2D eigenvalue weighted by Crippen LogP contribution is 2.23. The van der Waals surface area contributed by atoms with Gasteiger partial charge >= 0.3 is 0 Å². The molecule has 118 valence electrons. The third kappa shape index (κ3) is 3.76. The molecule has 4 nitrogen and oxygen atoms in total. The summed E-state index contributed by atoms with van der Waals surface area (Å²) in [4.78, 5) is 9.26. The highest BCUT2D eigenvalue weighted by Gasteiger charge is 2.19. The van der Waals surface area contributed by atoms with E-state index in [2.05, 4.69) is 20.9 Å². The molecule has 0 saturated carbocycles. The fraction of sp³-hybridized carbons (Fsp3) is 0.471. The number of nitrogens with zero attached hydrogens (tertiary/aromatic N) is 3.